The normalized spacial score (nSPS) is 13.5. The molecular formula is C16H21N3OS. The van der Waals surface area contributed by atoms with E-state index in [2.05, 4.69) is 22.9 Å². The molecule has 0 radical (unpaired) electrons. The summed E-state index contributed by atoms with van der Waals surface area (Å²) in [5, 5.41) is 11.0. The number of urea groups is 1. The first-order chi connectivity index (χ1) is 10.1. The molecule has 0 fully saturated rings. The van der Waals surface area contributed by atoms with Gasteiger partial charge < -0.3 is 16.0 Å². The summed E-state index contributed by atoms with van der Waals surface area (Å²) in [6, 6.07) is 12.0. The average Bonchev–Trinajstić information content (AvgIpc) is 3.01. The van der Waals surface area contributed by atoms with E-state index in [0.29, 0.717) is 6.04 Å². The van der Waals surface area contributed by atoms with E-state index in [9.17, 15) is 4.79 Å². The summed E-state index contributed by atoms with van der Waals surface area (Å²) < 4.78 is 0. The SMILES string of the molecule is CNC(C)c1ccc(NC(=O)NC(C)c2cccs2)cc1. The number of nitrogens with one attached hydrogen (secondary N) is 3. The van der Waals surface area contributed by atoms with Crippen LogP contribution in [0.4, 0.5) is 10.5 Å². The van der Waals surface area contributed by atoms with Gasteiger partial charge in [0.05, 0.1) is 6.04 Å². The first-order valence-corrected chi connectivity index (χ1v) is 7.86. The van der Waals surface area contributed by atoms with Crippen molar-refractivity contribution >= 4 is 23.1 Å². The van der Waals surface area contributed by atoms with Crippen molar-refractivity contribution in [2.75, 3.05) is 12.4 Å². The number of thiophene rings is 1. The van der Waals surface area contributed by atoms with Gasteiger partial charge in [-0.1, -0.05) is 18.2 Å². The third kappa shape index (κ3) is 4.31. The van der Waals surface area contributed by atoms with E-state index in [1.165, 1.54) is 5.56 Å². The van der Waals surface area contributed by atoms with Crippen LogP contribution in [0, 0.1) is 0 Å². The molecule has 112 valence electrons. The van der Waals surface area contributed by atoms with E-state index in [-0.39, 0.29) is 12.1 Å². The third-order valence-electron chi connectivity index (χ3n) is 3.42. The number of carbonyl (C=O) groups excluding carboxylic acids is 1. The fourth-order valence-corrected chi connectivity index (χ4v) is 2.73. The van der Waals surface area contributed by atoms with Crippen LogP contribution in [-0.2, 0) is 0 Å². The number of anilines is 1. The molecule has 1 aromatic carbocycles. The van der Waals surface area contributed by atoms with Crippen molar-refractivity contribution in [2.24, 2.45) is 0 Å². The molecule has 0 saturated carbocycles. The molecule has 2 unspecified atom stereocenters. The van der Waals surface area contributed by atoms with Gasteiger partial charge in [0.1, 0.15) is 0 Å². The summed E-state index contributed by atoms with van der Waals surface area (Å²) in [6.07, 6.45) is 0. The summed E-state index contributed by atoms with van der Waals surface area (Å²) in [6.45, 7) is 4.07. The van der Waals surface area contributed by atoms with Crippen molar-refractivity contribution in [2.45, 2.75) is 25.9 Å². The minimum atomic E-state index is -0.190. The van der Waals surface area contributed by atoms with E-state index >= 15 is 0 Å². The molecule has 2 amide bonds. The zero-order valence-electron chi connectivity index (χ0n) is 12.5. The maximum atomic E-state index is 12.0. The van der Waals surface area contributed by atoms with Gasteiger partial charge in [0, 0.05) is 16.6 Å². The quantitative estimate of drug-likeness (QED) is 0.784. The van der Waals surface area contributed by atoms with Gasteiger partial charge in [0.25, 0.3) is 0 Å². The van der Waals surface area contributed by atoms with Gasteiger partial charge in [-0.3, -0.25) is 0 Å². The van der Waals surface area contributed by atoms with Gasteiger partial charge in [0.15, 0.2) is 0 Å². The zero-order valence-corrected chi connectivity index (χ0v) is 13.3. The largest absolute Gasteiger partial charge is 0.331 e. The van der Waals surface area contributed by atoms with E-state index in [0.717, 1.165) is 10.6 Å². The molecule has 0 bridgehead atoms. The van der Waals surface area contributed by atoms with Crippen molar-refractivity contribution in [1.82, 2.24) is 10.6 Å². The molecule has 4 nitrogen and oxygen atoms in total. The van der Waals surface area contributed by atoms with Crippen LogP contribution < -0.4 is 16.0 Å². The standard InChI is InChI=1S/C16H21N3OS/c1-11(17-3)13-6-8-14(9-7-13)19-16(20)18-12(2)15-5-4-10-21-15/h4-12,17H,1-3H3,(H2,18,19,20). The Morgan fingerprint density at radius 3 is 2.38 bits per heavy atom. The van der Waals surface area contributed by atoms with Gasteiger partial charge in [-0.25, -0.2) is 4.79 Å². The van der Waals surface area contributed by atoms with E-state index in [1.54, 1.807) is 11.3 Å². The Kier molecular flexibility index (Phi) is 5.36. The second-order valence-electron chi connectivity index (χ2n) is 4.97. The zero-order chi connectivity index (χ0) is 15.2. The summed E-state index contributed by atoms with van der Waals surface area (Å²) in [4.78, 5) is 13.1. The molecule has 0 aliphatic heterocycles. The smallest absolute Gasteiger partial charge is 0.319 e. The van der Waals surface area contributed by atoms with E-state index < -0.39 is 0 Å². The summed E-state index contributed by atoms with van der Waals surface area (Å²) in [5.41, 5.74) is 1.98. The molecule has 0 aliphatic rings. The number of benzene rings is 1. The number of rotatable bonds is 5. The van der Waals surface area contributed by atoms with Crippen molar-refractivity contribution in [3.8, 4) is 0 Å². The van der Waals surface area contributed by atoms with Gasteiger partial charge in [-0.05, 0) is 50.0 Å². The highest BCUT2D eigenvalue weighted by Gasteiger charge is 2.10. The monoisotopic (exact) mass is 303 g/mol. The highest BCUT2D eigenvalue weighted by atomic mass is 32.1. The lowest BCUT2D eigenvalue weighted by molar-refractivity contribution is 0.249. The first-order valence-electron chi connectivity index (χ1n) is 6.98. The topological polar surface area (TPSA) is 53.2 Å². The average molecular weight is 303 g/mol. The Morgan fingerprint density at radius 2 is 1.81 bits per heavy atom. The molecule has 2 atom stereocenters. The summed E-state index contributed by atoms with van der Waals surface area (Å²) in [7, 11) is 1.93. The predicted octanol–water partition coefficient (Wildman–Crippen LogP) is 3.91. The fourth-order valence-electron chi connectivity index (χ4n) is 1.99. The minimum absolute atomic E-state index is 0.00795. The van der Waals surface area contributed by atoms with Gasteiger partial charge >= 0.3 is 6.03 Å². The number of carbonyl (C=O) groups is 1. The van der Waals surface area contributed by atoms with Crippen LogP contribution in [0.2, 0.25) is 0 Å². The lowest BCUT2D eigenvalue weighted by atomic mass is 10.1. The maximum Gasteiger partial charge on any atom is 0.319 e. The molecule has 5 heteroatoms. The van der Waals surface area contributed by atoms with Gasteiger partial charge in [0.2, 0.25) is 0 Å². The second-order valence-corrected chi connectivity index (χ2v) is 5.95. The van der Waals surface area contributed by atoms with Crippen LogP contribution in [0.3, 0.4) is 0 Å². The van der Waals surface area contributed by atoms with Crippen LogP contribution in [0.5, 0.6) is 0 Å². The van der Waals surface area contributed by atoms with Crippen LogP contribution >= 0.6 is 11.3 Å². The highest BCUT2D eigenvalue weighted by molar-refractivity contribution is 7.10. The second kappa shape index (κ2) is 7.24. The highest BCUT2D eigenvalue weighted by Crippen LogP contribution is 2.19. The summed E-state index contributed by atoms with van der Waals surface area (Å²) in [5.74, 6) is 0. The lowest BCUT2D eigenvalue weighted by Crippen LogP contribution is -2.30. The van der Waals surface area contributed by atoms with Gasteiger partial charge in [-0.15, -0.1) is 11.3 Å². The van der Waals surface area contributed by atoms with Crippen molar-refractivity contribution in [3.63, 3.8) is 0 Å². The van der Waals surface area contributed by atoms with Crippen LogP contribution in [0.15, 0.2) is 41.8 Å². The first kappa shape index (κ1) is 15.5. The minimum Gasteiger partial charge on any atom is -0.331 e. The summed E-state index contributed by atoms with van der Waals surface area (Å²) >= 11 is 1.64. The lowest BCUT2D eigenvalue weighted by Gasteiger charge is -2.14. The van der Waals surface area contributed by atoms with Crippen LogP contribution in [0.1, 0.15) is 36.4 Å². The molecule has 0 aliphatic carbocycles. The molecular weight excluding hydrogens is 282 g/mol. The Bertz CT molecular complexity index is 566. The molecule has 0 spiro atoms. The number of hydrogen-bond donors (Lipinski definition) is 3. The van der Waals surface area contributed by atoms with Crippen LogP contribution in [0.25, 0.3) is 0 Å². The molecule has 1 aromatic heterocycles. The Hall–Kier alpha value is -1.85. The molecule has 21 heavy (non-hydrogen) atoms. The molecule has 3 N–H and O–H groups in total. The molecule has 0 saturated heterocycles. The van der Waals surface area contributed by atoms with Crippen molar-refractivity contribution in [3.05, 3.63) is 52.2 Å². The Morgan fingerprint density at radius 1 is 1.10 bits per heavy atom. The van der Waals surface area contributed by atoms with Crippen molar-refractivity contribution in [1.29, 1.82) is 0 Å². The van der Waals surface area contributed by atoms with E-state index in [4.69, 9.17) is 0 Å². The Balaban J connectivity index is 1.90. The van der Waals surface area contributed by atoms with Crippen LogP contribution in [-0.4, -0.2) is 13.1 Å². The Labute approximate surface area is 129 Å². The number of hydrogen-bond acceptors (Lipinski definition) is 3. The molecule has 2 rings (SSSR count). The van der Waals surface area contributed by atoms with Gasteiger partial charge in [-0.2, -0.15) is 0 Å². The predicted molar refractivity (Wildman–Crippen MR) is 88.8 cm³/mol. The number of amides is 2. The molecule has 2 aromatic rings. The van der Waals surface area contributed by atoms with Crippen molar-refractivity contribution < 1.29 is 4.79 Å². The van der Waals surface area contributed by atoms with E-state index in [1.807, 2.05) is 55.7 Å². The molecule has 1 heterocycles. The third-order valence-corrected chi connectivity index (χ3v) is 4.47. The maximum absolute atomic E-state index is 12.0. The fraction of sp³-hybridized carbons (Fsp3) is 0.312.